The third-order valence-corrected chi connectivity index (χ3v) is 4.52. The van der Waals surface area contributed by atoms with E-state index in [2.05, 4.69) is 5.32 Å². The van der Waals surface area contributed by atoms with Crippen molar-refractivity contribution in [2.45, 2.75) is 19.9 Å². The highest BCUT2D eigenvalue weighted by molar-refractivity contribution is 6.30. The van der Waals surface area contributed by atoms with Crippen LogP contribution in [-0.4, -0.2) is 35.8 Å². The molecule has 1 aromatic carbocycles. The number of amides is 2. The molecule has 2 aromatic rings. The highest BCUT2D eigenvalue weighted by Gasteiger charge is 2.35. The van der Waals surface area contributed by atoms with Gasteiger partial charge in [0.1, 0.15) is 5.76 Å². The summed E-state index contributed by atoms with van der Waals surface area (Å²) in [5.41, 5.74) is 1.40. The van der Waals surface area contributed by atoms with Crippen molar-refractivity contribution in [1.82, 2.24) is 4.90 Å². The lowest BCUT2D eigenvalue weighted by molar-refractivity contribution is -0.151. The van der Waals surface area contributed by atoms with Gasteiger partial charge in [0.25, 0.3) is 5.91 Å². The fourth-order valence-electron chi connectivity index (χ4n) is 2.88. The van der Waals surface area contributed by atoms with Crippen LogP contribution in [0.1, 0.15) is 17.7 Å². The van der Waals surface area contributed by atoms with E-state index in [1.165, 1.54) is 6.26 Å². The van der Waals surface area contributed by atoms with Crippen molar-refractivity contribution >= 4 is 35.1 Å². The van der Waals surface area contributed by atoms with Gasteiger partial charge in [-0.1, -0.05) is 11.6 Å². The molecule has 142 valence electrons. The van der Waals surface area contributed by atoms with E-state index >= 15 is 0 Å². The average Bonchev–Trinajstić information content (AvgIpc) is 3.26. The zero-order valence-electron chi connectivity index (χ0n) is 14.7. The Bertz CT molecular complexity index is 850. The van der Waals surface area contributed by atoms with Gasteiger partial charge in [-0.2, -0.15) is 0 Å². The Labute approximate surface area is 161 Å². The molecule has 1 saturated heterocycles. The molecule has 3 rings (SSSR count). The summed E-state index contributed by atoms with van der Waals surface area (Å²) in [6.07, 6.45) is 1.60. The molecule has 1 N–H and O–H groups in total. The fourth-order valence-corrected chi connectivity index (χ4v) is 3.11. The summed E-state index contributed by atoms with van der Waals surface area (Å²) in [6, 6.07) is 8.57. The van der Waals surface area contributed by atoms with Crippen LogP contribution in [0.4, 0.5) is 5.69 Å². The molecule has 1 aliphatic heterocycles. The summed E-state index contributed by atoms with van der Waals surface area (Å²) in [5, 5.41) is 3.24. The number of aryl methyl sites for hydroxylation is 1. The molecule has 8 heteroatoms. The second-order valence-electron chi connectivity index (χ2n) is 6.37. The molecule has 0 saturated carbocycles. The van der Waals surface area contributed by atoms with Gasteiger partial charge in [-0.25, -0.2) is 0 Å². The minimum absolute atomic E-state index is 0.0669. The molecule has 0 bridgehead atoms. The van der Waals surface area contributed by atoms with Crippen molar-refractivity contribution in [2.24, 2.45) is 5.92 Å². The van der Waals surface area contributed by atoms with E-state index in [0.29, 0.717) is 23.0 Å². The Hall–Kier alpha value is -2.80. The number of furan rings is 1. The number of carbonyl (C=O) groups excluding carboxylic acids is 3. The molecular formula is C19H19ClN2O5. The zero-order valence-corrected chi connectivity index (χ0v) is 15.5. The molecule has 0 spiro atoms. The van der Waals surface area contributed by atoms with E-state index in [1.807, 2.05) is 6.92 Å². The van der Waals surface area contributed by atoms with Gasteiger partial charge in [0, 0.05) is 23.7 Å². The van der Waals surface area contributed by atoms with Crippen LogP contribution in [0.15, 0.2) is 41.0 Å². The van der Waals surface area contributed by atoms with Crippen LogP contribution in [-0.2, 0) is 25.7 Å². The topological polar surface area (TPSA) is 88.8 Å². The maximum Gasteiger partial charge on any atom is 0.311 e. The van der Waals surface area contributed by atoms with Gasteiger partial charge in [-0.15, -0.1) is 0 Å². The van der Waals surface area contributed by atoms with E-state index in [1.54, 1.807) is 35.2 Å². The minimum atomic E-state index is -0.586. The molecule has 7 nitrogen and oxygen atoms in total. The summed E-state index contributed by atoms with van der Waals surface area (Å²) in [6.45, 7) is 1.96. The molecule has 0 aliphatic carbocycles. The number of likely N-dealkylation sites (tertiary alicyclic amines) is 1. The number of ether oxygens (including phenoxy) is 1. The number of nitrogens with zero attached hydrogens (tertiary/aromatic N) is 1. The number of nitrogens with one attached hydrogen (secondary N) is 1. The first kappa shape index (κ1) is 19.0. The summed E-state index contributed by atoms with van der Waals surface area (Å²) >= 11 is 5.88. The first-order valence-corrected chi connectivity index (χ1v) is 8.83. The smallest absolute Gasteiger partial charge is 0.311 e. The number of carbonyl (C=O) groups is 3. The van der Waals surface area contributed by atoms with Crippen molar-refractivity contribution in [3.8, 4) is 0 Å². The van der Waals surface area contributed by atoms with Crippen LogP contribution in [0.5, 0.6) is 0 Å². The van der Waals surface area contributed by atoms with Crippen molar-refractivity contribution < 1.29 is 23.5 Å². The molecule has 0 unspecified atom stereocenters. The van der Waals surface area contributed by atoms with E-state index in [9.17, 15) is 14.4 Å². The number of hydrogen-bond donors (Lipinski definition) is 1. The van der Waals surface area contributed by atoms with Crippen LogP contribution in [0.25, 0.3) is 0 Å². The highest BCUT2D eigenvalue weighted by atomic mass is 35.5. The number of hydrogen-bond acceptors (Lipinski definition) is 5. The van der Waals surface area contributed by atoms with E-state index < -0.39 is 24.4 Å². The summed E-state index contributed by atoms with van der Waals surface area (Å²) < 4.78 is 10.3. The van der Waals surface area contributed by atoms with Crippen LogP contribution in [0.2, 0.25) is 5.02 Å². The lowest BCUT2D eigenvalue weighted by Gasteiger charge is -2.14. The van der Waals surface area contributed by atoms with Gasteiger partial charge >= 0.3 is 5.97 Å². The van der Waals surface area contributed by atoms with Gasteiger partial charge < -0.3 is 19.4 Å². The second-order valence-corrected chi connectivity index (χ2v) is 6.81. The number of halogens is 1. The monoisotopic (exact) mass is 390 g/mol. The highest BCUT2D eigenvalue weighted by Crippen LogP contribution is 2.22. The lowest BCUT2D eigenvalue weighted by Crippen LogP contribution is -2.28. The minimum Gasteiger partial charge on any atom is -0.467 e. The number of anilines is 1. The Balaban J connectivity index is 1.47. The van der Waals surface area contributed by atoms with Crippen LogP contribution < -0.4 is 5.32 Å². The molecule has 27 heavy (non-hydrogen) atoms. The van der Waals surface area contributed by atoms with Crippen LogP contribution >= 0.6 is 11.6 Å². The fraction of sp³-hybridized carbons (Fsp3) is 0.316. The maximum atomic E-state index is 12.2. The largest absolute Gasteiger partial charge is 0.467 e. The van der Waals surface area contributed by atoms with Crippen molar-refractivity contribution in [3.63, 3.8) is 0 Å². The van der Waals surface area contributed by atoms with Gasteiger partial charge in [-0.3, -0.25) is 14.4 Å². The Morgan fingerprint density at radius 3 is 2.89 bits per heavy atom. The van der Waals surface area contributed by atoms with Crippen molar-refractivity contribution in [3.05, 3.63) is 52.9 Å². The third kappa shape index (κ3) is 4.89. The summed E-state index contributed by atoms with van der Waals surface area (Å²) in [4.78, 5) is 37.8. The maximum absolute atomic E-state index is 12.2. The van der Waals surface area contributed by atoms with Crippen molar-refractivity contribution in [2.75, 3.05) is 18.5 Å². The van der Waals surface area contributed by atoms with Crippen LogP contribution in [0.3, 0.4) is 0 Å². The summed E-state index contributed by atoms with van der Waals surface area (Å²) in [5.74, 6) is -1.10. The predicted molar refractivity (Wildman–Crippen MR) is 98.0 cm³/mol. The molecule has 2 amide bonds. The standard InChI is InChI=1S/C19H19ClN2O5/c1-12-7-14(20)4-5-16(12)21-17(23)11-27-19(25)13-8-18(24)22(9-13)10-15-3-2-6-26-15/h2-7,13H,8-11H2,1H3,(H,21,23)/t13-/m1/s1. The van der Waals surface area contributed by atoms with E-state index in [4.69, 9.17) is 20.8 Å². The van der Waals surface area contributed by atoms with Gasteiger partial charge in [0.15, 0.2) is 6.61 Å². The zero-order chi connectivity index (χ0) is 19.4. The normalized spacial score (nSPS) is 16.4. The first-order chi connectivity index (χ1) is 12.9. The van der Waals surface area contributed by atoms with Gasteiger partial charge in [0.05, 0.1) is 18.7 Å². The summed E-state index contributed by atoms with van der Waals surface area (Å²) in [7, 11) is 0. The molecule has 1 aromatic heterocycles. The van der Waals surface area contributed by atoms with Gasteiger partial charge in [-0.05, 0) is 42.8 Å². The Morgan fingerprint density at radius 2 is 2.19 bits per heavy atom. The molecular weight excluding hydrogens is 372 g/mol. The Morgan fingerprint density at radius 1 is 1.37 bits per heavy atom. The number of esters is 1. The molecule has 1 fully saturated rings. The predicted octanol–water partition coefficient (Wildman–Crippen LogP) is 2.77. The van der Waals surface area contributed by atoms with E-state index in [0.717, 1.165) is 5.56 Å². The quantitative estimate of drug-likeness (QED) is 0.766. The average molecular weight is 391 g/mol. The SMILES string of the molecule is Cc1cc(Cl)ccc1NC(=O)COC(=O)[C@@H]1CC(=O)N(Cc2ccco2)C1. The number of rotatable bonds is 6. The third-order valence-electron chi connectivity index (χ3n) is 4.28. The van der Waals surface area contributed by atoms with Crippen LogP contribution in [0, 0.1) is 12.8 Å². The molecule has 1 aliphatic rings. The van der Waals surface area contributed by atoms with Gasteiger partial charge in [0.2, 0.25) is 5.91 Å². The Kier molecular flexibility index (Phi) is 5.81. The molecule has 1 atom stereocenters. The second kappa shape index (κ2) is 8.26. The van der Waals surface area contributed by atoms with Crippen molar-refractivity contribution in [1.29, 1.82) is 0 Å². The number of benzene rings is 1. The first-order valence-electron chi connectivity index (χ1n) is 8.45. The molecule has 0 radical (unpaired) electrons. The lowest BCUT2D eigenvalue weighted by atomic mass is 10.1. The van der Waals surface area contributed by atoms with E-state index in [-0.39, 0.29) is 18.9 Å². The molecule has 2 heterocycles.